The Balaban J connectivity index is 1.28. The first-order valence-electron chi connectivity index (χ1n) is 18.3. The van der Waals surface area contributed by atoms with Crippen LogP contribution in [0, 0.1) is 0 Å². The van der Waals surface area contributed by atoms with Crippen molar-refractivity contribution in [3.8, 4) is 0 Å². The van der Waals surface area contributed by atoms with Gasteiger partial charge in [-0.05, 0) is 46.5 Å². The van der Waals surface area contributed by atoms with E-state index in [0.29, 0.717) is 23.8 Å². The minimum atomic E-state index is -3.75. The number of benzene rings is 6. The number of rotatable bonds is 17. The smallest absolute Gasteiger partial charge is 0.263 e. The Hall–Kier alpha value is -4.69. The molecule has 1 aliphatic heterocycles. The predicted octanol–water partition coefficient (Wildman–Crippen LogP) is 8.63. The normalized spacial score (nSPS) is 20.0. The lowest BCUT2D eigenvalue weighted by Crippen LogP contribution is -2.61. The van der Waals surface area contributed by atoms with E-state index in [-0.39, 0.29) is 19.8 Å². The largest absolute Gasteiger partial charge is 0.374 e. The highest BCUT2D eigenvalue weighted by molar-refractivity contribution is 7.74. The lowest BCUT2D eigenvalue weighted by Gasteiger charge is -2.46. The maximum atomic E-state index is 15.4. The molecule has 7 nitrogen and oxygen atoms in total. The summed E-state index contributed by atoms with van der Waals surface area (Å²) in [4.78, 5) is 0. The Kier molecular flexibility index (Phi) is 13.3. The predicted molar refractivity (Wildman–Crippen MR) is 211 cm³/mol. The lowest BCUT2D eigenvalue weighted by molar-refractivity contribution is -0.309. The summed E-state index contributed by atoms with van der Waals surface area (Å²) in [5, 5.41) is 1.09. The van der Waals surface area contributed by atoms with Crippen LogP contribution in [0.25, 0.3) is 0 Å². The van der Waals surface area contributed by atoms with Crippen molar-refractivity contribution in [3.05, 3.63) is 204 Å². The van der Waals surface area contributed by atoms with Crippen molar-refractivity contribution in [1.29, 1.82) is 0 Å². The first-order chi connectivity index (χ1) is 26.7. The van der Waals surface area contributed by atoms with Crippen LogP contribution in [-0.4, -0.2) is 37.3 Å². The molecule has 5 atom stereocenters. The zero-order valence-electron chi connectivity index (χ0n) is 30.0. The third kappa shape index (κ3) is 9.89. The first-order valence-corrected chi connectivity index (χ1v) is 19.9. The quantitative estimate of drug-likeness (QED) is 0.0868. The molecule has 6 aromatic carbocycles. The van der Waals surface area contributed by atoms with Gasteiger partial charge in [0.05, 0.1) is 33.0 Å². The van der Waals surface area contributed by atoms with E-state index in [1.54, 1.807) is 0 Å². The van der Waals surface area contributed by atoms with E-state index in [9.17, 15) is 0 Å². The minimum absolute atomic E-state index is 0.159. The van der Waals surface area contributed by atoms with Crippen LogP contribution in [0.4, 0.5) is 0 Å². The van der Waals surface area contributed by atoms with Gasteiger partial charge in [0.25, 0.3) is 7.37 Å². The molecule has 8 heteroatoms. The van der Waals surface area contributed by atoms with Crippen LogP contribution in [-0.2, 0) is 59.2 Å². The van der Waals surface area contributed by atoms with Crippen LogP contribution in [0.15, 0.2) is 182 Å². The third-order valence-corrected chi connectivity index (χ3v) is 11.7. The van der Waals surface area contributed by atoms with Crippen LogP contribution >= 0.6 is 7.37 Å². The van der Waals surface area contributed by atoms with Gasteiger partial charge in [0.2, 0.25) is 0 Å². The summed E-state index contributed by atoms with van der Waals surface area (Å²) in [5.74, 6) is 0. The van der Waals surface area contributed by atoms with E-state index in [0.717, 1.165) is 22.3 Å². The van der Waals surface area contributed by atoms with Crippen molar-refractivity contribution >= 4 is 18.0 Å². The van der Waals surface area contributed by atoms with Gasteiger partial charge in [0.15, 0.2) is 6.29 Å². The van der Waals surface area contributed by atoms with Crippen LogP contribution in [0.1, 0.15) is 22.3 Å². The molecule has 0 radical (unpaired) electrons. The average molecular weight is 741 g/mol. The highest BCUT2D eigenvalue weighted by atomic mass is 31.2. The van der Waals surface area contributed by atoms with Gasteiger partial charge in [-0.2, -0.15) is 0 Å². The number of hydrogen-bond donors (Lipinski definition) is 0. The fourth-order valence-corrected chi connectivity index (χ4v) is 8.63. The second-order valence-corrected chi connectivity index (χ2v) is 15.5. The Morgan fingerprint density at radius 1 is 0.426 bits per heavy atom. The van der Waals surface area contributed by atoms with Gasteiger partial charge in [-0.3, -0.25) is 9.09 Å². The molecule has 1 saturated heterocycles. The number of hydrogen-bond acceptors (Lipinski definition) is 7. The average Bonchev–Trinajstić information content (AvgIpc) is 3.24. The topological polar surface area (TPSA) is 72.5 Å². The molecule has 6 aromatic rings. The van der Waals surface area contributed by atoms with E-state index >= 15 is 4.57 Å². The summed E-state index contributed by atoms with van der Waals surface area (Å²) in [6, 6.07) is 58.4. The molecule has 1 aliphatic rings. The fourth-order valence-electron chi connectivity index (χ4n) is 6.50. The van der Waals surface area contributed by atoms with Crippen LogP contribution in [0.2, 0.25) is 0 Å². The molecule has 0 saturated carbocycles. The molecular weight excluding hydrogens is 695 g/mol. The van der Waals surface area contributed by atoms with Crippen molar-refractivity contribution in [3.63, 3.8) is 0 Å². The summed E-state index contributed by atoms with van der Waals surface area (Å²) in [6.07, 6.45) is -4.05. The number of ether oxygens (including phenoxy) is 5. The van der Waals surface area contributed by atoms with Crippen molar-refractivity contribution in [2.24, 2.45) is 0 Å². The van der Waals surface area contributed by atoms with Crippen molar-refractivity contribution < 1.29 is 32.8 Å². The van der Waals surface area contributed by atoms with Crippen molar-refractivity contribution in [1.82, 2.24) is 0 Å². The Bertz CT molecular complexity index is 1960. The monoisotopic (exact) mass is 740 g/mol. The second-order valence-electron chi connectivity index (χ2n) is 13.2. The maximum absolute atomic E-state index is 15.4. The fraction of sp³-hybridized carbons (Fsp3) is 0.217. The third-order valence-electron chi connectivity index (χ3n) is 9.29. The molecule has 7 rings (SSSR count). The van der Waals surface area contributed by atoms with Gasteiger partial charge in [0, 0.05) is 10.6 Å². The van der Waals surface area contributed by atoms with Crippen molar-refractivity contribution in [2.75, 3.05) is 6.61 Å². The Morgan fingerprint density at radius 2 is 0.778 bits per heavy atom. The van der Waals surface area contributed by atoms with E-state index < -0.39 is 38.1 Å². The summed E-state index contributed by atoms with van der Waals surface area (Å²) < 4.78 is 56.0. The summed E-state index contributed by atoms with van der Waals surface area (Å²) in [6.45, 7) is 1.35. The van der Waals surface area contributed by atoms with Gasteiger partial charge in [-0.25, -0.2) is 0 Å². The highest BCUT2D eigenvalue weighted by Gasteiger charge is 2.51. The lowest BCUT2D eigenvalue weighted by atomic mass is 9.98. The zero-order valence-corrected chi connectivity index (χ0v) is 30.9. The van der Waals surface area contributed by atoms with Gasteiger partial charge >= 0.3 is 0 Å². The van der Waals surface area contributed by atoms with Gasteiger partial charge in [-0.1, -0.05) is 158 Å². The second kappa shape index (κ2) is 19.1. The van der Waals surface area contributed by atoms with E-state index in [2.05, 4.69) is 0 Å². The Morgan fingerprint density at radius 3 is 1.20 bits per heavy atom. The van der Waals surface area contributed by atoms with E-state index in [1.165, 1.54) is 0 Å². The van der Waals surface area contributed by atoms with Crippen molar-refractivity contribution in [2.45, 2.75) is 57.1 Å². The molecule has 0 amide bonds. The SMILES string of the molecule is O=P(O[C@H]1O[C@H](COCc2ccccc2)[C@@H](OCc2ccccc2)[C@H](OCc2ccccc2)[C@H]1OCc1ccccc1)(c1ccccc1)c1ccccc1. The molecule has 0 unspecified atom stereocenters. The maximum Gasteiger partial charge on any atom is 0.263 e. The van der Waals surface area contributed by atoms with Gasteiger partial charge in [-0.15, -0.1) is 0 Å². The molecule has 54 heavy (non-hydrogen) atoms. The molecular formula is C46H45O7P. The van der Waals surface area contributed by atoms with E-state index in [1.807, 2.05) is 182 Å². The van der Waals surface area contributed by atoms with Gasteiger partial charge < -0.3 is 23.7 Å². The summed E-state index contributed by atoms with van der Waals surface area (Å²) in [7, 11) is -3.75. The van der Waals surface area contributed by atoms with Crippen LogP contribution < -0.4 is 10.6 Å². The minimum Gasteiger partial charge on any atom is -0.374 e. The molecule has 0 aliphatic carbocycles. The first kappa shape index (κ1) is 37.6. The molecule has 0 N–H and O–H groups in total. The van der Waals surface area contributed by atoms with Crippen LogP contribution in [0.5, 0.6) is 0 Å². The zero-order chi connectivity index (χ0) is 36.8. The highest BCUT2D eigenvalue weighted by Crippen LogP contribution is 2.48. The summed E-state index contributed by atoms with van der Waals surface area (Å²) >= 11 is 0. The molecule has 1 heterocycles. The van der Waals surface area contributed by atoms with Gasteiger partial charge in [0.1, 0.15) is 24.4 Å². The molecule has 276 valence electrons. The molecule has 0 bridgehead atoms. The Labute approximate surface area is 317 Å². The molecule has 1 fully saturated rings. The molecule has 0 aromatic heterocycles. The van der Waals surface area contributed by atoms with E-state index in [4.69, 9.17) is 28.2 Å². The standard InChI is InChI=1S/C46H45O7P/c47-54(40-27-15-5-16-28-40,41-29-17-6-18-30-41)53-46-45(51-34-39-25-13-4-14-26-39)44(50-33-38-23-11-3-12-24-38)43(49-32-37-21-9-2-10-22-37)42(52-46)35-48-31-36-19-7-1-8-20-36/h1-30,42-46H,31-35H2/t42-,43-,44+,45-,46-/m1/s1. The molecule has 0 spiro atoms. The summed E-state index contributed by atoms with van der Waals surface area (Å²) in [5.41, 5.74) is 3.98. The van der Waals surface area contributed by atoms with Crippen LogP contribution in [0.3, 0.4) is 0 Å².